The Hall–Kier alpha value is -7.30. The van der Waals surface area contributed by atoms with Crippen LogP contribution in [0.5, 0.6) is 23.0 Å². The maximum Gasteiger partial charge on any atom is 0.170 e. The van der Waals surface area contributed by atoms with E-state index < -0.39 is 5.41 Å². The molecule has 0 N–H and O–H groups in total. The van der Waals surface area contributed by atoms with E-state index in [1.165, 1.54) is 27.8 Å². The lowest BCUT2D eigenvalue weighted by molar-refractivity contribution is 0.359. The van der Waals surface area contributed by atoms with E-state index in [0.717, 1.165) is 44.3 Å². The molecule has 0 saturated heterocycles. The van der Waals surface area contributed by atoms with E-state index in [1.807, 2.05) is 42.6 Å². The standard InChI is InChI=1S/C51H32N2O2/c1-4-15-33(16-5-1)50-52-32-42-39(24-14-26-45(42)53-50)38-22-11-10-21-37(38)34-27-28-46-47(29-34)55-48-30-41-40-23-12-13-25-43(40)51(35-17-6-2-7-18-35,36-19-8-3-9-20-36)44(41)31-49(48)54-46/h1-32H. The average Bonchev–Trinajstić information content (AvgIpc) is 3.55. The number of ether oxygens (including phenoxy) is 2. The first-order valence-electron chi connectivity index (χ1n) is 18.6. The normalized spacial score (nSPS) is 13.2. The molecular formula is C51H32N2O2. The summed E-state index contributed by atoms with van der Waals surface area (Å²) in [4.78, 5) is 9.73. The second-order valence-corrected chi connectivity index (χ2v) is 14.1. The van der Waals surface area contributed by atoms with E-state index in [9.17, 15) is 0 Å². The highest BCUT2D eigenvalue weighted by atomic mass is 16.6. The van der Waals surface area contributed by atoms with Crippen LogP contribution in [0.25, 0.3) is 55.7 Å². The number of fused-ring (bicyclic) bond motifs is 6. The fourth-order valence-corrected chi connectivity index (χ4v) is 8.67. The Kier molecular flexibility index (Phi) is 7.04. The molecular weight excluding hydrogens is 673 g/mol. The summed E-state index contributed by atoms with van der Waals surface area (Å²) in [6.45, 7) is 0. The molecule has 2 heterocycles. The topological polar surface area (TPSA) is 44.2 Å². The highest BCUT2D eigenvalue weighted by Crippen LogP contribution is 2.60. The first kappa shape index (κ1) is 31.2. The monoisotopic (exact) mass is 704 g/mol. The van der Waals surface area contributed by atoms with Crippen LogP contribution in [0.2, 0.25) is 0 Å². The Labute approximate surface area is 319 Å². The number of aromatic nitrogens is 2. The maximum atomic E-state index is 6.79. The van der Waals surface area contributed by atoms with E-state index in [-0.39, 0.29) is 0 Å². The Bertz CT molecular complexity index is 2880. The van der Waals surface area contributed by atoms with Crippen molar-refractivity contribution in [1.82, 2.24) is 9.97 Å². The summed E-state index contributed by atoms with van der Waals surface area (Å²) in [6.07, 6.45) is 1.94. The molecule has 9 aromatic rings. The van der Waals surface area contributed by atoms with Crippen molar-refractivity contribution in [2.24, 2.45) is 0 Å². The predicted molar refractivity (Wildman–Crippen MR) is 220 cm³/mol. The van der Waals surface area contributed by atoms with Crippen molar-refractivity contribution >= 4 is 10.9 Å². The highest BCUT2D eigenvalue weighted by Gasteiger charge is 2.47. The number of benzene rings is 8. The summed E-state index contributed by atoms with van der Waals surface area (Å²) < 4.78 is 13.5. The lowest BCUT2D eigenvalue weighted by Crippen LogP contribution is -2.28. The Balaban J connectivity index is 1.01. The molecule has 1 aromatic heterocycles. The van der Waals surface area contributed by atoms with Gasteiger partial charge in [-0.15, -0.1) is 0 Å². The summed E-state index contributed by atoms with van der Waals surface area (Å²) in [5.41, 5.74) is 12.8. The minimum absolute atomic E-state index is 0.517. The fourth-order valence-electron chi connectivity index (χ4n) is 8.67. The van der Waals surface area contributed by atoms with Crippen LogP contribution in [-0.4, -0.2) is 9.97 Å². The summed E-state index contributed by atoms with van der Waals surface area (Å²) in [5, 5.41) is 0.998. The van der Waals surface area contributed by atoms with Crippen LogP contribution < -0.4 is 9.47 Å². The van der Waals surface area contributed by atoms with Gasteiger partial charge >= 0.3 is 0 Å². The van der Waals surface area contributed by atoms with Gasteiger partial charge in [-0.2, -0.15) is 0 Å². The first-order valence-corrected chi connectivity index (χ1v) is 18.6. The molecule has 55 heavy (non-hydrogen) atoms. The molecule has 0 amide bonds. The summed E-state index contributed by atoms with van der Waals surface area (Å²) in [5.74, 6) is 3.47. The summed E-state index contributed by atoms with van der Waals surface area (Å²) >= 11 is 0. The molecule has 2 aliphatic rings. The molecule has 8 aromatic carbocycles. The lowest BCUT2D eigenvalue weighted by atomic mass is 9.67. The zero-order valence-electron chi connectivity index (χ0n) is 29.7. The zero-order chi connectivity index (χ0) is 36.3. The molecule has 1 aliphatic heterocycles. The van der Waals surface area contributed by atoms with Crippen molar-refractivity contribution < 1.29 is 9.47 Å². The number of hydrogen-bond donors (Lipinski definition) is 0. The predicted octanol–water partition coefficient (Wildman–Crippen LogP) is 12.9. The van der Waals surface area contributed by atoms with Crippen LogP contribution in [-0.2, 0) is 5.41 Å². The molecule has 0 fully saturated rings. The maximum absolute atomic E-state index is 6.79. The minimum atomic E-state index is -0.517. The number of hydrogen-bond acceptors (Lipinski definition) is 4. The number of rotatable bonds is 5. The second kappa shape index (κ2) is 12.4. The Morgan fingerprint density at radius 3 is 1.75 bits per heavy atom. The van der Waals surface area contributed by atoms with E-state index in [0.29, 0.717) is 28.8 Å². The molecule has 258 valence electrons. The second-order valence-electron chi connectivity index (χ2n) is 14.1. The first-order chi connectivity index (χ1) is 27.3. The third-order valence-electron chi connectivity index (χ3n) is 11.1. The smallest absolute Gasteiger partial charge is 0.170 e. The van der Waals surface area contributed by atoms with E-state index in [4.69, 9.17) is 19.4 Å². The Morgan fingerprint density at radius 2 is 0.982 bits per heavy atom. The Morgan fingerprint density at radius 1 is 0.382 bits per heavy atom. The third kappa shape index (κ3) is 4.85. The van der Waals surface area contributed by atoms with Gasteiger partial charge in [-0.3, -0.25) is 0 Å². The van der Waals surface area contributed by atoms with Crippen LogP contribution in [0.3, 0.4) is 0 Å². The quantitative estimate of drug-likeness (QED) is 0.179. The molecule has 0 saturated carbocycles. The van der Waals surface area contributed by atoms with Crippen molar-refractivity contribution in [3.05, 3.63) is 217 Å². The van der Waals surface area contributed by atoms with Crippen molar-refractivity contribution in [3.8, 4) is 67.8 Å². The van der Waals surface area contributed by atoms with Gasteiger partial charge in [0.1, 0.15) is 0 Å². The van der Waals surface area contributed by atoms with E-state index in [1.54, 1.807) is 0 Å². The van der Waals surface area contributed by atoms with Crippen LogP contribution in [0.1, 0.15) is 22.3 Å². The van der Waals surface area contributed by atoms with E-state index >= 15 is 0 Å². The lowest BCUT2D eigenvalue weighted by Gasteiger charge is -2.34. The number of nitrogens with zero attached hydrogens (tertiary/aromatic N) is 2. The van der Waals surface area contributed by atoms with Crippen LogP contribution in [0.15, 0.2) is 194 Å². The molecule has 0 unspecified atom stereocenters. The van der Waals surface area contributed by atoms with Crippen LogP contribution >= 0.6 is 0 Å². The van der Waals surface area contributed by atoms with Crippen LogP contribution in [0.4, 0.5) is 0 Å². The van der Waals surface area contributed by atoms with Gasteiger partial charge in [0.2, 0.25) is 0 Å². The molecule has 0 spiro atoms. The fraction of sp³-hybridized carbons (Fsp3) is 0.0196. The average molecular weight is 705 g/mol. The van der Waals surface area contributed by atoms with Crippen molar-refractivity contribution in [2.45, 2.75) is 5.41 Å². The van der Waals surface area contributed by atoms with Gasteiger partial charge in [0.25, 0.3) is 0 Å². The van der Waals surface area contributed by atoms with Gasteiger partial charge in [0.15, 0.2) is 28.8 Å². The molecule has 11 rings (SSSR count). The van der Waals surface area contributed by atoms with Crippen molar-refractivity contribution in [1.29, 1.82) is 0 Å². The largest absolute Gasteiger partial charge is 0.450 e. The molecule has 4 nitrogen and oxygen atoms in total. The highest BCUT2D eigenvalue weighted by molar-refractivity contribution is 5.99. The molecule has 0 atom stereocenters. The minimum Gasteiger partial charge on any atom is -0.450 e. The van der Waals surface area contributed by atoms with Crippen LogP contribution in [0, 0.1) is 0 Å². The molecule has 4 heteroatoms. The molecule has 0 bridgehead atoms. The van der Waals surface area contributed by atoms with Gasteiger partial charge in [-0.25, -0.2) is 9.97 Å². The molecule has 0 radical (unpaired) electrons. The zero-order valence-corrected chi connectivity index (χ0v) is 29.7. The van der Waals surface area contributed by atoms with Gasteiger partial charge < -0.3 is 9.47 Å². The van der Waals surface area contributed by atoms with Crippen molar-refractivity contribution in [2.75, 3.05) is 0 Å². The van der Waals surface area contributed by atoms with Gasteiger partial charge in [0, 0.05) is 17.1 Å². The van der Waals surface area contributed by atoms with Gasteiger partial charge in [-0.1, -0.05) is 158 Å². The van der Waals surface area contributed by atoms with Gasteiger partial charge in [-0.05, 0) is 86.0 Å². The third-order valence-corrected chi connectivity index (χ3v) is 11.1. The summed E-state index contributed by atoms with van der Waals surface area (Å²) in [6, 6.07) is 65.8. The summed E-state index contributed by atoms with van der Waals surface area (Å²) in [7, 11) is 0. The van der Waals surface area contributed by atoms with Gasteiger partial charge in [0.05, 0.1) is 10.9 Å². The van der Waals surface area contributed by atoms with E-state index in [2.05, 4.69) is 152 Å². The molecule has 1 aliphatic carbocycles. The van der Waals surface area contributed by atoms with Crippen molar-refractivity contribution in [3.63, 3.8) is 0 Å². The SMILES string of the molecule is c1ccc(-c2ncc3c(-c4ccccc4-c4ccc5c(c4)Oc4cc6c(cc4O5)C(c4ccccc4)(c4ccccc4)c4ccccc4-6)cccc3n2)cc1.